The van der Waals surface area contributed by atoms with E-state index in [0.717, 1.165) is 11.3 Å². The van der Waals surface area contributed by atoms with Gasteiger partial charge in [0.2, 0.25) is 0 Å². The number of hydrogen-bond donors (Lipinski definition) is 1. The Morgan fingerprint density at radius 1 is 1.28 bits per heavy atom. The molecule has 0 spiro atoms. The third-order valence-corrected chi connectivity index (χ3v) is 2.36. The Labute approximate surface area is 108 Å². The van der Waals surface area contributed by atoms with Crippen LogP contribution in [-0.4, -0.2) is 23.8 Å². The third-order valence-electron chi connectivity index (χ3n) is 2.36. The van der Waals surface area contributed by atoms with E-state index in [2.05, 4.69) is 0 Å². The van der Waals surface area contributed by atoms with E-state index >= 15 is 0 Å². The summed E-state index contributed by atoms with van der Waals surface area (Å²) in [7, 11) is 0. The molecule has 1 rings (SSSR count). The zero-order valence-electron chi connectivity index (χ0n) is 11.1. The van der Waals surface area contributed by atoms with Crippen LogP contribution in [0.4, 0.5) is 0 Å². The van der Waals surface area contributed by atoms with Crippen LogP contribution in [0.25, 0.3) is 0 Å². The second kappa shape index (κ2) is 7.01. The SMILES string of the molecule is CCOc1ccc([C@H](CC(=O)O)OC(C)C)cc1. The summed E-state index contributed by atoms with van der Waals surface area (Å²) in [4.78, 5) is 10.8. The minimum Gasteiger partial charge on any atom is -0.494 e. The van der Waals surface area contributed by atoms with Crippen LogP contribution in [0, 0.1) is 0 Å². The highest BCUT2D eigenvalue weighted by atomic mass is 16.5. The van der Waals surface area contributed by atoms with E-state index in [0.29, 0.717) is 6.61 Å². The van der Waals surface area contributed by atoms with Crippen molar-refractivity contribution in [2.75, 3.05) is 6.61 Å². The van der Waals surface area contributed by atoms with Gasteiger partial charge in [-0.3, -0.25) is 4.79 Å². The molecule has 18 heavy (non-hydrogen) atoms. The second-order valence-corrected chi connectivity index (χ2v) is 4.27. The van der Waals surface area contributed by atoms with Gasteiger partial charge in [-0.05, 0) is 38.5 Å². The molecule has 0 radical (unpaired) electrons. The minimum atomic E-state index is -0.866. The van der Waals surface area contributed by atoms with Gasteiger partial charge in [-0.1, -0.05) is 12.1 Å². The number of aliphatic carboxylic acids is 1. The van der Waals surface area contributed by atoms with Gasteiger partial charge in [-0.15, -0.1) is 0 Å². The molecule has 0 heterocycles. The van der Waals surface area contributed by atoms with Gasteiger partial charge >= 0.3 is 5.97 Å². The Hall–Kier alpha value is -1.55. The Morgan fingerprint density at radius 2 is 1.89 bits per heavy atom. The maximum absolute atomic E-state index is 10.8. The van der Waals surface area contributed by atoms with Crippen molar-refractivity contribution in [2.24, 2.45) is 0 Å². The molecule has 0 amide bonds. The number of rotatable bonds is 7. The molecule has 0 aromatic heterocycles. The van der Waals surface area contributed by atoms with Gasteiger partial charge in [0.25, 0.3) is 0 Å². The summed E-state index contributed by atoms with van der Waals surface area (Å²) in [6.07, 6.45) is -0.467. The van der Waals surface area contributed by atoms with Crippen molar-refractivity contribution in [2.45, 2.75) is 39.4 Å². The van der Waals surface area contributed by atoms with Crippen LogP contribution in [0.2, 0.25) is 0 Å². The van der Waals surface area contributed by atoms with Gasteiger partial charge in [-0.2, -0.15) is 0 Å². The third kappa shape index (κ3) is 4.75. The fraction of sp³-hybridized carbons (Fsp3) is 0.500. The highest BCUT2D eigenvalue weighted by Crippen LogP contribution is 2.25. The lowest BCUT2D eigenvalue weighted by molar-refractivity contribution is -0.141. The van der Waals surface area contributed by atoms with E-state index in [9.17, 15) is 4.79 Å². The smallest absolute Gasteiger partial charge is 0.306 e. The van der Waals surface area contributed by atoms with Crippen molar-refractivity contribution in [3.63, 3.8) is 0 Å². The van der Waals surface area contributed by atoms with Crippen LogP contribution in [-0.2, 0) is 9.53 Å². The first-order chi connectivity index (χ1) is 8.52. The second-order valence-electron chi connectivity index (χ2n) is 4.27. The van der Waals surface area contributed by atoms with Crippen LogP contribution < -0.4 is 4.74 Å². The predicted molar refractivity (Wildman–Crippen MR) is 68.8 cm³/mol. The van der Waals surface area contributed by atoms with Crippen molar-refractivity contribution < 1.29 is 19.4 Å². The summed E-state index contributed by atoms with van der Waals surface area (Å²) in [6, 6.07) is 7.36. The summed E-state index contributed by atoms with van der Waals surface area (Å²) in [5.74, 6) is -0.0885. The quantitative estimate of drug-likeness (QED) is 0.810. The fourth-order valence-corrected chi connectivity index (χ4v) is 1.68. The standard InChI is InChI=1S/C14H20O4/c1-4-17-12-7-5-11(6-8-12)13(9-14(15)16)18-10(2)3/h5-8,10,13H,4,9H2,1-3H3,(H,15,16)/t13-/m0/s1. The van der Waals surface area contributed by atoms with Crippen molar-refractivity contribution in [1.82, 2.24) is 0 Å². The Kier molecular flexibility index (Phi) is 5.65. The lowest BCUT2D eigenvalue weighted by atomic mass is 10.1. The molecule has 0 aliphatic rings. The fourth-order valence-electron chi connectivity index (χ4n) is 1.68. The molecule has 0 saturated heterocycles. The molecule has 4 nitrogen and oxygen atoms in total. The molecule has 0 bridgehead atoms. The van der Waals surface area contributed by atoms with E-state index < -0.39 is 12.1 Å². The normalized spacial score (nSPS) is 12.4. The molecule has 4 heteroatoms. The summed E-state index contributed by atoms with van der Waals surface area (Å²) in [6.45, 7) is 6.32. The van der Waals surface area contributed by atoms with E-state index in [1.807, 2.05) is 45.0 Å². The van der Waals surface area contributed by atoms with Gasteiger partial charge in [0.15, 0.2) is 0 Å². The molecule has 1 N–H and O–H groups in total. The van der Waals surface area contributed by atoms with Crippen LogP contribution in [0.3, 0.4) is 0 Å². The Balaban J connectivity index is 2.80. The van der Waals surface area contributed by atoms with E-state index in [-0.39, 0.29) is 12.5 Å². The minimum absolute atomic E-state index is 0.0130. The first-order valence-corrected chi connectivity index (χ1v) is 6.13. The number of benzene rings is 1. The van der Waals surface area contributed by atoms with Crippen molar-refractivity contribution >= 4 is 5.97 Å². The Bertz CT molecular complexity index is 370. The highest BCUT2D eigenvalue weighted by molar-refractivity contribution is 5.67. The average molecular weight is 252 g/mol. The lowest BCUT2D eigenvalue weighted by Crippen LogP contribution is -2.14. The van der Waals surface area contributed by atoms with Gasteiger partial charge in [0, 0.05) is 0 Å². The predicted octanol–water partition coefficient (Wildman–Crippen LogP) is 3.03. The van der Waals surface area contributed by atoms with Crippen LogP contribution in [0.1, 0.15) is 38.9 Å². The maximum Gasteiger partial charge on any atom is 0.306 e. The molecular weight excluding hydrogens is 232 g/mol. The molecule has 100 valence electrons. The van der Waals surface area contributed by atoms with E-state index in [1.165, 1.54) is 0 Å². The monoisotopic (exact) mass is 252 g/mol. The summed E-state index contributed by atoms with van der Waals surface area (Å²) >= 11 is 0. The Morgan fingerprint density at radius 3 is 2.33 bits per heavy atom. The summed E-state index contributed by atoms with van der Waals surface area (Å²) in [5.41, 5.74) is 0.856. The maximum atomic E-state index is 10.8. The number of hydrogen-bond acceptors (Lipinski definition) is 3. The molecule has 1 aromatic rings. The van der Waals surface area contributed by atoms with Crippen molar-refractivity contribution in [3.05, 3.63) is 29.8 Å². The molecule has 1 atom stereocenters. The zero-order chi connectivity index (χ0) is 13.5. The number of carboxylic acids is 1. The van der Waals surface area contributed by atoms with Gasteiger partial charge in [0.1, 0.15) is 5.75 Å². The number of carbonyl (C=O) groups is 1. The summed E-state index contributed by atoms with van der Waals surface area (Å²) < 4.78 is 11.0. The number of ether oxygens (including phenoxy) is 2. The lowest BCUT2D eigenvalue weighted by Gasteiger charge is -2.19. The van der Waals surface area contributed by atoms with Crippen LogP contribution in [0.5, 0.6) is 5.75 Å². The van der Waals surface area contributed by atoms with E-state index in [1.54, 1.807) is 0 Å². The van der Waals surface area contributed by atoms with Crippen LogP contribution in [0.15, 0.2) is 24.3 Å². The number of carboxylic acid groups (broad SMARTS) is 1. The molecule has 1 aromatic carbocycles. The first kappa shape index (κ1) is 14.5. The molecule has 0 aliphatic carbocycles. The zero-order valence-corrected chi connectivity index (χ0v) is 11.1. The largest absolute Gasteiger partial charge is 0.494 e. The van der Waals surface area contributed by atoms with Crippen LogP contribution >= 0.6 is 0 Å². The average Bonchev–Trinajstić information content (AvgIpc) is 2.28. The first-order valence-electron chi connectivity index (χ1n) is 6.13. The molecule has 0 fully saturated rings. The van der Waals surface area contributed by atoms with Gasteiger partial charge in [-0.25, -0.2) is 0 Å². The summed E-state index contributed by atoms with van der Waals surface area (Å²) in [5, 5.41) is 8.89. The molecule has 0 saturated carbocycles. The van der Waals surface area contributed by atoms with Gasteiger partial charge < -0.3 is 14.6 Å². The molecule has 0 aliphatic heterocycles. The molecule has 0 unspecified atom stereocenters. The van der Waals surface area contributed by atoms with E-state index in [4.69, 9.17) is 14.6 Å². The van der Waals surface area contributed by atoms with Crippen molar-refractivity contribution in [1.29, 1.82) is 0 Å². The van der Waals surface area contributed by atoms with Crippen molar-refractivity contribution in [3.8, 4) is 5.75 Å². The molecular formula is C14H20O4. The topological polar surface area (TPSA) is 55.8 Å². The highest BCUT2D eigenvalue weighted by Gasteiger charge is 2.17. The van der Waals surface area contributed by atoms with Gasteiger partial charge in [0.05, 0.1) is 25.2 Å².